The second-order valence-electron chi connectivity index (χ2n) is 5.41. The van der Waals surface area contributed by atoms with E-state index >= 15 is 0 Å². The van der Waals surface area contributed by atoms with Crippen LogP contribution in [0.1, 0.15) is 30.6 Å². The summed E-state index contributed by atoms with van der Waals surface area (Å²) in [7, 11) is 0. The van der Waals surface area contributed by atoms with Crippen LogP contribution < -0.4 is 10.6 Å². The van der Waals surface area contributed by atoms with E-state index in [2.05, 4.69) is 25.8 Å². The van der Waals surface area contributed by atoms with Gasteiger partial charge in [-0.1, -0.05) is 17.3 Å². The van der Waals surface area contributed by atoms with Gasteiger partial charge in [-0.2, -0.15) is 4.98 Å². The maximum absolute atomic E-state index is 13.1. The van der Waals surface area contributed by atoms with Crippen LogP contribution in [0.5, 0.6) is 0 Å². The fourth-order valence-corrected chi connectivity index (χ4v) is 2.22. The fourth-order valence-electron chi connectivity index (χ4n) is 2.22. The SMILES string of the molecule is CCNC(=NCCCc1nc(C)no1)NCCc1cccc(F)c1. The van der Waals surface area contributed by atoms with Gasteiger partial charge in [-0.05, 0) is 44.4 Å². The van der Waals surface area contributed by atoms with Gasteiger partial charge in [0.25, 0.3) is 0 Å². The van der Waals surface area contributed by atoms with E-state index in [1.165, 1.54) is 6.07 Å². The van der Waals surface area contributed by atoms with E-state index in [-0.39, 0.29) is 5.82 Å². The molecule has 7 heteroatoms. The summed E-state index contributed by atoms with van der Waals surface area (Å²) >= 11 is 0. The summed E-state index contributed by atoms with van der Waals surface area (Å²) in [6.07, 6.45) is 2.29. The molecule has 24 heavy (non-hydrogen) atoms. The van der Waals surface area contributed by atoms with Crippen LogP contribution in [0.4, 0.5) is 4.39 Å². The van der Waals surface area contributed by atoms with Crippen molar-refractivity contribution in [3.8, 4) is 0 Å². The summed E-state index contributed by atoms with van der Waals surface area (Å²) in [6.45, 7) is 5.96. The van der Waals surface area contributed by atoms with Gasteiger partial charge in [-0.25, -0.2) is 4.39 Å². The highest BCUT2D eigenvalue weighted by Gasteiger charge is 2.02. The highest BCUT2D eigenvalue weighted by molar-refractivity contribution is 5.79. The number of halogens is 1. The van der Waals surface area contributed by atoms with Crippen molar-refractivity contribution in [3.63, 3.8) is 0 Å². The van der Waals surface area contributed by atoms with Crippen molar-refractivity contribution in [2.24, 2.45) is 4.99 Å². The van der Waals surface area contributed by atoms with Crippen LogP contribution in [0, 0.1) is 12.7 Å². The first-order valence-corrected chi connectivity index (χ1v) is 8.23. The van der Waals surface area contributed by atoms with Crippen molar-refractivity contribution in [2.75, 3.05) is 19.6 Å². The molecule has 130 valence electrons. The Morgan fingerprint density at radius 1 is 1.29 bits per heavy atom. The molecule has 2 aromatic rings. The Balaban J connectivity index is 1.73. The zero-order chi connectivity index (χ0) is 17.2. The maximum Gasteiger partial charge on any atom is 0.226 e. The molecule has 0 fully saturated rings. The molecule has 0 radical (unpaired) electrons. The van der Waals surface area contributed by atoms with E-state index in [1.54, 1.807) is 19.1 Å². The minimum Gasteiger partial charge on any atom is -0.357 e. The molecule has 6 nitrogen and oxygen atoms in total. The van der Waals surface area contributed by atoms with Crippen molar-refractivity contribution in [3.05, 3.63) is 47.4 Å². The van der Waals surface area contributed by atoms with E-state index in [1.807, 2.05) is 13.0 Å². The Kier molecular flexibility index (Phi) is 7.20. The number of hydrogen-bond donors (Lipinski definition) is 2. The molecule has 0 spiro atoms. The molecule has 0 aliphatic heterocycles. The Bertz CT molecular complexity index is 656. The number of aromatic nitrogens is 2. The molecular formula is C17H24FN5O. The smallest absolute Gasteiger partial charge is 0.226 e. The molecule has 0 saturated carbocycles. The van der Waals surface area contributed by atoms with Crippen LogP contribution in [0.25, 0.3) is 0 Å². The zero-order valence-electron chi connectivity index (χ0n) is 14.2. The maximum atomic E-state index is 13.1. The van der Waals surface area contributed by atoms with Gasteiger partial charge in [0, 0.05) is 26.1 Å². The molecule has 1 aromatic heterocycles. The molecule has 0 aliphatic rings. The van der Waals surface area contributed by atoms with E-state index in [4.69, 9.17) is 4.52 Å². The predicted molar refractivity (Wildman–Crippen MR) is 91.4 cm³/mol. The van der Waals surface area contributed by atoms with Crippen molar-refractivity contribution in [2.45, 2.75) is 33.1 Å². The Morgan fingerprint density at radius 2 is 2.17 bits per heavy atom. The molecule has 0 saturated heterocycles. The van der Waals surface area contributed by atoms with E-state index < -0.39 is 0 Å². The molecule has 2 rings (SSSR count). The summed E-state index contributed by atoms with van der Waals surface area (Å²) in [4.78, 5) is 8.68. The van der Waals surface area contributed by atoms with Gasteiger partial charge in [0.15, 0.2) is 11.8 Å². The number of nitrogens with zero attached hydrogens (tertiary/aromatic N) is 3. The average Bonchev–Trinajstić information content (AvgIpc) is 2.97. The number of benzene rings is 1. The second kappa shape index (κ2) is 9.64. The third-order valence-electron chi connectivity index (χ3n) is 3.33. The molecule has 0 unspecified atom stereocenters. The highest BCUT2D eigenvalue weighted by Crippen LogP contribution is 2.03. The fraction of sp³-hybridized carbons (Fsp3) is 0.471. The minimum atomic E-state index is -0.204. The third-order valence-corrected chi connectivity index (χ3v) is 3.33. The van der Waals surface area contributed by atoms with Crippen molar-refractivity contribution in [1.29, 1.82) is 0 Å². The summed E-state index contributed by atoms with van der Waals surface area (Å²) in [6, 6.07) is 6.65. The van der Waals surface area contributed by atoms with Crippen LogP contribution >= 0.6 is 0 Å². The Hall–Kier alpha value is -2.44. The van der Waals surface area contributed by atoms with Gasteiger partial charge in [0.05, 0.1) is 0 Å². The number of guanidine groups is 1. The quantitative estimate of drug-likeness (QED) is 0.440. The number of rotatable bonds is 8. The highest BCUT2D eigenvalue weighted by atomic mass is 19.1. The lowest BCUT2D eigenvalue weighted by atomic mass is 10.1. The lowest BCUT2D eigenvalue weighted by Crippen LogP contribution is -2.38. The summed E-state index contributed by atoms with van der Waals surface area (Å²) in [5.41, 5.74) is 0.963. The summed E-state index contributed by atoms with van der Waals surface area (Å²) in [5.74, 6) is 1.85. The van der Waals surface area contributed by atoms with E-state index in [9.17, 15) is 4.39 Å². The van der Waals surface area contributed by atoms with Gasteiger partial charge in [-0.15, -0.1) is 0 Å². The molecular weight excluding hydrogens is 309 g/mol. The molecule has 1 aromatic carbocycles. The molecule has 2 N–H and O–H groups in total. The van der Waals surface area contributed by atoms with Crippen LogP contribution in [-0.2, 0) is 12.8 Å². The van der Waals surface area contributed by atoms with Crippen molar-refractivity contribution < 1.29 is 8.91 Å². The standard InChI is InChI=1S/C17H24FN5O/c1-3-19-17(20-10-5-8-16-22-13(2)23-24-16)21-11-9-14-6-4-7-15(18)12-14/h4,6-7,12H,3,5,8-11H2,1-2H3,(H2,19,20,21). The van der Waals surface area contributed by atoms with Crippen LogP contribution in [0.2, 0.25) is 0 Å². The Morgan fingerprint density at radius 3 is 2.88 bits per heavy atom. The van der Waals surface area contributed by atoms with E-state index in [0.29, 0.717) is 31.2 Å². The van der Waals surface area contributed by atoms with Gasteiger partial charge in [-0.3, -0.25) is 4.99 Å². The number of hydrogen-bond acceptors (Lipinski definition) is 4. The third kappa shape index (κ3) is 6.36. The lowest BCUT2D eigenvalue weighted by Gasteiger charge is -2.11. The van der Waals surface area contributed by atoms with Crippen LogP contribution in [0.3, 0.4) is 0 Å². The normalized spacial score (nSPS) is 11.5. The van der Waals surface area contributed by atoms with Gasteiger partial charge < -0.3 is 15.2 Å². The molecule has 0 aliphatic carbocycles. The predicted octanol–water partition coefficient (Wildman–Crippen LogP) is 2.25. The van der Waals surface area contributed by atoms with Gasteiger partial charge in [0.1, 0.15) is 5.82 Å². The van der Waals surface area contributed by atoms with Crippen molar-refractivity contribution >= 4 is 5.96 Å². The first kappa shape index (κ1) is 17.9. The van der Waals surface area contributed by atoms with Crippen LogP contribution in [0.15, 0.2) is 33.8 Å². The first-order valence-electron chi connectivity index (χ1n) is 8.23. The lowest BCUT2D eigenvalue weighted by molar-refractivity contribution is 0.372. The monoisotopic (exact) mass is 333 g/mol. The largest absolute Gasteiger partial charge is 0.357 e. The van der Waals surface area contributed by atoms with Crippen molar-refractivity contribution in [1.82, 2.24) is 20.8 Å². The molecule has 1 heterocycles. The Labute approximate surface area is 141 Å². The van der Waals surface area contributed by atoms with E-state index in [0.717, 1.165) is 30.9 Å². The zero-order valence-corrected chi connectivity index (χ0v) is 14.2. The number of aryl methyl sites for hydroxylation is 2. The summed E-state index contributed by atoms with van der Waals surface area (Å²) < 4.78 is 18.2. The average molecular weight is 333 g/mol. The molecule has 0 amide bonds. The van der Waals surface area contributed by atoms with Gasteiger partial charge >= 0.3 is 0 Å². The number of aliphatic imine (C=N–C) groups is 1. The summed E-state index contributed by atoms with van der Waals surface area (Å²) in [5, 5.41) is 10.2. The van der Waals surface area contributed by atoms with Gasteiger partial charge in [0.2, 0.25) is 5.89 Å². The number of nitrogens with one attached hydrogen (secondary N) is 2. The topological polar surface area (TPSA) is 75.3 Å². The first-order chi connectivity index (χ1) is 11.7. The van der Waals surface area contributed by atoms with Crippen LogP contribution in [-0.4, -0.2) is 35.7 Å². The molecule has 0 atom stereocenters. The molecule has 0 bridgehead atoms. The minimum absolute atomic E-state index is 0.204. The second-order valence-corrected chi connectivity index (χ2v) is 5.41.